The molecule has 2 heterocycles. The van der Waals surface area contributed by atoms with E-state index in [1.54, 1.807) is 11.3 Å². The molecule has 2 atom stereocenters. The van der Waals surface area contributed by atoms with Crippen molar-refractivity contribution in [2.45, 2.75) is 32.8 Å². The molecule has 0 radical (unpaired) electrons. The van der Waals surface area contributed by atoms with Gasteiger partial charge in [-0.3, -0.25) is 4.99 Å². The van der Waals surface area contributed by atoms with Crippen LogP contribution in [-0.2, 0) is 0 Å². The summed E-state index contributed by atoms with van der Waals surface area (Å²) >= 11 is 1.65. The third-order valence-electron chi connectivity index (χ3n) is 4.91. The molecule has 1 aromatic heterocycles. The average Bonchev–Trinajstić information content (AvgIpc) is 3.33. The Labute approximate surface area is 189 Å². The van der Waals surface area contributed by atoms with Crippen molar-refractivity contribution in [1.29, 1.82) is 0 Å². The van der Waals surface area contributed by atoms with Crippen LogP contribution in [-0.4, -0.2) is 55.2 Å². The number of hydrogen-bond acceptors (Lipinski definition) is 4. The van der Waals surface area contributed by atoms with E-state index in [0.29, 0.717) is 12.5 Å². The summed E-state index contributed by atoms with van der Waals surface area (Å²) in [5, 5.41) is 18.3. The van der Waals surface area contributed by atoms with Gasteiger partial charge in [0.15, 0.2) is 5.96 Å². The molecular formula is C21H33IN4OS. The van der Waals surface area contributed by atoms with Gasteiger partial charge in [0.05, 0.1) is 0 Å². The van der Waals surface area contributed by atoms with Gasteiger partial charge in [0.25, 0.3) is 0 Å². The summed E-state index contributed by atoms with van der Waals surface area (Å²) in [6.45, 7) is 9.97. The summed E-state index contributed by atoms with van der Waals surface area (Å²) in [7, 11) is 0. The van der Waals surface area contributed by atoms with Crippen molar-refractivity contribution in [1.82, 2.24) is 15.5 Å². The second-order valence-corrected chi connectivity index (χ2v) is 8.53. The van der Waals surface area contributed by atoms with Crippen LogP contribution < -0.4 is 10.6 Å². The van der Waals surface area contributed by atoms with Crippen LogP contribution in [0.3, 0.4) is 0 Å². The summed E-state index contributed by atoms with van der Waals surface area (Å²) in [4.78, 5) is 8.25. The van der Waals surface area contributed by atoms with Crippen molar-refractivity contribution in [2.75, 3.05) is 39.3 Å². The lowest BCUT2D eigenvalue weighted by Crippen LogP contribution is -2.40. The van der Waals surface area contributed by atoms with Gasteiger partial charge in [-0.2, -0.15) is 0 Å². The molecular weight excluding hydrogens is 483 g/mol. The van der Waals surface area contributed by atoms with Gasteiger partial charge >= 0.3 is 0 Å². The summed E-state index contributed by atoms with van der Waals surface area (Å²) in [5.74, 6) is 1.32. The van der Waals surface area contributed by atoms with Crippen molar-refractivity contribution in [2.24, 2.45) is 10.9 Å². The van der Waals surface area contributed by atoms with E-state index in [0.717, 1.165) is 30.5 Å². The lowest BCUT2D eigenvalue weighted by molar-refractivity contribution is 0.184. The molecule has 1 aliphatic heterocycles. The highest BCUT2D eigenvalue weighted by atomic mass is 127. The maximum absolute atomic E-state index is 10.6. The second-order valence-electron chi connectivity index (χ2n) is 7.42. The summed E-state index contributed by atoms with van der Waals surface area (Å²) in [5.41, 5.74) is 0. The summed E-state index contributed by atoms with van der Waals surface area (Å²) in [6.07, 6.45) is 2.12. The number of fused-ring (bicyclic) bond motifs is 1. The number of hydrogen-bond donors (Lipinski definition) is 3. The molecule has 2 aromatic rings. The van der Waals surface area contributed by atoms with Crippen LogP contribution in [0.15, 0.2) is 35.3 Å². The Morgan fingerprint density at radius 1 is 1.25 bits per heavy atom. The monoisotopic (exact) mass is 516 g/mol. The van der Waals surface area contributed by atoms with Crippen LogP contribution >= 0.6 is 35.3 Å². The number of rotatable bonds is 8. The lowest BCUT2D eigenvalue weighted by Gasteiger charge is -2.19. The van der Waals surface area contributed by atoms with Crippen molar-refractivity contribution in [3.8, 4) is 0 Å². The van der Waals surface area contributed by atoms with Crippen LogP contribution in [0.5, 0.6) is 0 Å². The van der Waals surface area contributed by atoms with Crippen LogP contribution in [0.1, 0.15) is 37.7 Å². The SMILES string of the molecule is CCNC(=NCC(C)CN1CCCC1)NCC(O)c1cc2ccccc2s1.I. The van der Waals surface area contributed by atoms with Crippen LogP contribution in [0.2, 0.25) is 0 Å². The molecule has 5 nitrogen and oxygen atoms in total. The van der Waals surface area contributed by atoms with E-state index in [1.807, 2.05) is 12.1 Å². The average molecular weight is 516 g/mol. The van der Waals surface area contributed by atoms with E-state index >= 15 is 0 Å². The van der Waals surface area contributed by atoms with Gasteiger partial charge in [-0.25, -0.2) is 0 Å². The molecule has 7 heteroatoms. The van der Waals surface area contributed by atoms with E-state index < -0.39 is 6.10 Å². The fourth-order valence-electron chi connectivity index (χ4n) is 3.51. The number of thiophene rings is 1. The quantitative estimate of drug-likeness (QED) is 0.284. The van der Waals surface area contributed by atoms with Gasteiger partial charge in [-0.15, -0.1) is 35.3 Å². The maximum Gasteiger partial charge on any atom is 0.191 e. The number of benzene rings is 1. The molecule has 0 saturated carbocycles. The Morgan fingerprint density at radius 3 is 2.71 bits per heavy atom. The largest absolute Gasteiger partial charge is 0.386 e. The standard InChI is InChI=1S/C21H32N4OS.HI/c1-3-22-21(23-13-16(2)15-25-10-6-7-11-25)24-14-18(26)20-12-17-8-4-5-9-19(17)27-20;/h4-5,8-9,12,16,18,26H,3,6-7,10-11,13-15H2,1-2H3,(H2,22,23,24);1H. The minimum absolute atomic E-state index is 0. The zero-order valence-corrected chi connectivity index (χ0v) is 20.0. The molecule has 0 amide bonds. The third kappa shape index (κ3) is 6.86. The first-order chi connectivity index (χ1) is 13.2. The summed E-state index contributed by atoms with van der Waals surface area (Å²) < 4.78 is 1.21. The zero-order chi connectivity index (χ0) is 19.1. The van der Waals surface area contributed by atoms with Gasteiger partial charge in [-0.05, 0) is 56.3 Å². The first-order valence-electron chi connectivity index (χ1n) is 10.1. The van der Waals surface area contributed by atoms with E-state index in [1.165, 1.54) is 36.0 Å². The molecule has 0 bridgehead atoms. The Morgan fingerprint density at radius 2 is 2.00 bits per heavy atom. The van der Waals surface area contributed by atoms with Gasteiger partial charge in [0, 0.05) is 35.8 Å². The topological polar surface area (TPSA) is 59.9 Å². The minimum atomic E-state index is -0.534. The van der Waals surface area contributed by atoms with Crippen LogP contribution in [0, 0.1) is 5.92 Å². The normalized spacial score (nSPS) is 17.3. The van der Waals surface area contributed by atoms with Crippen molar-refractivity contribution in [3.05, 3.63) is 35.2 Å². The fourth-order valence-corrected chi connectivity index (χ4v) is 4.56. The fraction of sp³-hybridized carbons (Fsp3) is 0.571. The number of nitrogens with zero attached hydrogens (tertiary/aromatic N) is 2. The van der Waals surface area contributed by atoms with Crippen LogP contribution in [0.4, 0.5) is 0 Å². The number of likely N-dealkylation sites (tertiary alicyclic amines) is 1. The molecule has 3 rings (SSSR count). The predicted octanol–water partition coefficient (Wildman–Crippen LogP) is 3.84. The van der Waals surface area contributed by atoms with Gasteiger partial charge in [-0.1, -0.05) is 25.1 Å². The third-order valence-corrected chi connectivity index (χ3v) is 6.13. The molecule has 0 spiro atoms. The number of aliphatic imine (C=N–C) groups is 1. The molecule has 1 fully saturated rings. The number of aliphatic hydroxyl groups excluding tert-OH is 1. The van der Waals surface area contributed by atoms with E-state index in [4.69, 9.17) is 4.99 Å². The summed E-state index contributed by atoms with van der Waals surface area (Å²) in [6, 6.07) is 10.3. The number of nitrogens with one attached hydrogen (secondary N) is 2. The van der Waals surface area contributed by atoms with Crippen molar-refractivity contribution < 1.29 is 5.11 Å². The van der Waals surface area contributed by atoms with Crippen LogP contribution in [0.25, 0.3) is 10.1 Å². The van der Waals surface area contributed by atoms with E-state index in [9.17, 15) is 5.11 Å². The molecule has 28 heavy (non-hydrogen) atoms. The Hall–Kier alpha value is -0.900. The molecule has 2 unspecified atom stereocenters. The Bertz CT molecular complexity index is 712. The molecule has 0 aliphatic carbocycles. The highest BCUT2D eigenvalue weighted by Crippen LogP contribution is 2.29. The number of halogens is 1. The smallest absolute Gasteiger partial charge is 0.191 e. The van der Waals surface area contributed by atoms with E-state index in [-0.39, 0.29) is 24.0 Å². The first-order valence-corrected chi connectivity index (χ1v) is 10.9. The molecule has 1 saturated heterocycles. The van der Waals surface area contributed by atoms with E-state index in [2.05, 4.69) is 47.6 Å². The molecule has 156 valence electrons. The maximum atomic E-state index is 10.6. The van der Waals surface area contributed by atoms with Gasteiger partial charge in [0.1, 0.15) is 6.10 Å². The van der Waals surface area contributed by atoms with Crippen molar-refractivity contribution >= 4 is 51.4 Å². The second kappa shape index (κ2) is 11.9. The highest BCUT2D eigenvalue weighted by Gasteiger charge is 2.15. The Balaban J connectivity index is 0.00000280. The lowest BCUT2D eigenvalue weighted by atomic mass is 10.2. The van der Waals surface area contributed by atoms with Gasteiger partial charge < -0.3 is 20.6 Å². The predicted molar refractivity (Wildman–Crippen MR) is 131 cm³/mol. The molecule has 1 aromatic carbocycles. The minimum Gasteiger partial charge on any atom is -0.386 e. The highest BCUT2D eigenvalue weighted by molar-refractivity contribution is 14.0. The molecule has 3 N–H and O–H groups in total. The Kier molecular flexibility index (Phi) is 9.98. The van der Waals surface area contributed by atoms with Gasteiger partial charge in [0.2, 0.25) is 0 Å². The van der Waals surface area contributed by atoms with Crippen molar-refractivity contribution in [3.63, 3.8) is 0 Å². The molecule has 1 aliphatic rings. The number of aliphatic hydroxyl groups is 1. The zero-order valence-electron chi connectivity index (χ0n) is 16.9. The first kappa shape index (κ1) is 23.4. The number of guanidine groups is 1.